The van der Waals surface area contributed by atoms with Crippen LogP contribution in [0.25, 0.3) is 11.1 Å². The van der Waals surface area contributed by atoms with Gasteiger partial charge >= 0.3 is 12.1 Å². The quantitative estimate of drug-likeness (QED) is 0.451. The SMILES string of the molecule is CC[C@@H](CC(=O)O)NC(=O)c1cnc(NC(=O)OCC2c3ccccc3-c3ccccc32)s1. The third-order valence-corrected chi connectivity index (χ3v) is 6.44. The summed E-state index contributed by atoms with van der Waals surface area (Å²) in [5.41, 5.74) is 4.52. The Balaban J connectivity index is 1.35. The van der Waals surface area contributed by atoms with E-state index in [4.69, 9.17) is 9.84 Å². The lowest BCUT2D eigenvalue weighted by atomic mass is 9.98. The number of thiazole rings is 1. The number of amides is 2. The fraction of sp³-hybridized carbons (Fsp3) is 0.250. The molecule has 0 saturated heterocycles. The molecule has 1 aliphatic carbocycles. The highest BCUT2D eigenvalue weighted by Crippen LogP contribution is 2.44. The number of hydrogen-bond donors (Lipinski definition) is 3. The summed E-state index contributed by atoms with van der Waals surface area (Å²) in [5.74, 6) is -1.47. The Morgan fingerprint density at radius 1 is 1.09 bits per heavy atom. The van der Waals surface area contributed by atoms with Crippen LogP contribution in [0.3, 0.4) is 0 Å². The Morgan fingerprint density at radius 3 is 2.33 bits per heavy atom. The number of ether oxygens (including phenoxy) is 1. The number of aromatic nitrogens is 1. The number of anilines is 1. The molecule has 3 N–H and O–H groups in total. The molecule has 0 saturated carbocycles. The number of fused-ring (bicyclic) bond motifs is 3. The molecule has 1 aromatic heterocycles. The molecule has 0 spiro atoms. The number of hydrogen-bond acceptors (Lipinski definition) is 6. The molecule has 170 valence electrons. The normalized spacial score (nSPS) is 13.0. The van der Waals surface area contributed by atoms with E-state index in [1.165, 1.54) is 6.20 Å². The van der Waals surface area contributed by atoms with Crippen LogP contribution in [0, 0.1) is 0 Å². The molecule has 1 atom stereocenters. The van der Waals surface area contributed by atoms with E-state index in [9.17, 15) is 14.4 Å². The number of benzene rings is 2. The number of rotatable bonds is 8. The lowest BCUT2D eigenvalue weighted by Crippen LogP contribution is -2.35. The first-order valence-corrected chi connectivity index (χ1v) is 11.4. The molecular formula is C24H23N3O5S. The van der Waals surface area contributed by atoms with Crippen molar-refractivity contribution in [1.29, 1.82) is 0 Å². The Kier molecular flexibility index (Phi) is 6.69. The fourth-order valence-corrected chi connectivity index (χ4v) is 4.63. The van der Waals surface area contributed by atoms with E-state index < -0.39 is 24.0 Å². The Hall–Kier alpha value is -3.72. The first kappa shape index (κ1) is 22.5. The molecule has 0 radical (unpaired) electrons. The largest absolute Gasteiger partial charge is 0.481 e. The van der Waals surface area contributed by atoms with E-state index in [-0.39, 0.29) is 29.0 Å². The van der Waals surface area contributed by atoms with Crippen LogP contribution in [0.2, 0.25) is 0 Å². The average molecular weight is 466 g/mol. The van der Waals surface area contributed by atoms with Gasteiger partial charge in [0.2, 0.25) is 0 Å². The van der Waals surface area contributed by atoms with Gasteiger partial charge in [0, 0.05) is 12.0 Å². The lowest BCUT2D eigenvalue weighted by molar-refractivity contribution is -0.137. The van der Waals surface area contributed by atoms with Crippen molar-refractivity contribution in [1.82, 2.24) is 10.3 Å². The van der Waals surface area contributed by atoms with Crippen LogP contribution in [-0.2, 0) is 9.53 Å². The zero-order valence-electron chi connectivity index (χ0n) is 17.9. The van der Waals surface area contributed by atoms with E-state index in [0.29, 0.717) is 6.42 Å². The fourth-order valence-electron chi connectivity index (χ4n) is 3.92. The second kappa shape index (κ2) is 9.83. The molecule has 4 rings (SSSR count). The van der Waals surface area contributed by atoms with Crippen molar-refractivity contribution in [2.75, 3.05) is 11.9 Å². The molecule has 33 heavy (non-hydrogen) atoms. The smallest absolute Gasteiger partial charge is 0.413 e. The molecule has 0 aliphatic heterocycles. The van der Waals surface area contributed by atoms with Crippen LogP contribution in [0.15, 0.2) is 54.7 Å². The van der Waals surface area contributed by atoms with E-state index in [2.05, 4.69) is 27.8 Å². The summed E-state index contributed by atoms with van der Waals surface area (Å²) in [4.78, 5) is 39.9. The van der Waals surface area contributed by atoms with E-state index >= 15 is 0 Å². The minimum atomic E-state index is -0.982. The molecule has 0 unspecified atom stereocenters. The van der Waals surface area contributed by atoms with Gasteiger partial charge in [0.05, 0.1) is 12.6 Å². The van der Waals surface area contributed by atoms with Crippen LogP contribution >= 0.6 is 11.3 Å². The van der Waals surface area contributed by atoms with Crippen LogP contribution < -0.4 is 10.6 Å². The number of carboxylic acid groups (broad SMARTS) is 1. The number of nitrogens with zero attached hydrogens (tertiary/aromatic N) is 1. The van der Waals surface area contributed by atoms with Gasteiger partial charge in [0.1, 0.15) is 11.5 Å². The van der Waals surface area contributed by atoms with Crippen molar-refractivity contribution >= 4 is 34.4 Å². The number of carbonyl (C=O) groups excluding carboxylic acids is 2. The van der Waals surface area contributed by atoms with Crippen molar-refractivity contribution in [3.8, 4) is 11.1 Å². The summed E-state index contributed by atoms with van der Waals surface area (Å²) in [5, 5.41) is 14.4. The van der Waals surface area contributed by atoms with Gasteiger partial charge in [-0.2, -0.15) is 0 Å². The highest BCUT2D eigenvalue weighted by molar-refractivity contribution is 7.17. The van der Waals surface area contributed by atoms with E-state index in [1.807, 2.05) is 36.4 Å². The monoisotopic (exact) mass is 465 g/mol. The zero-order chi connectivity index (χ0) is 23.4. The van der Waals surface area contributed by atoms with Crippen molar-refractivity contribution in [2.45, 2.75) is 31.7 Å². The lowest BCUT2D eigenvalue weighted by Gasteiger charge is -2.14. The number of carbonyl (C=O) groups is 3. The standard InChI is InChI=1S/C24H23N3O5S/c1-2-14(11-21(28)29)26-22(30)20-12-25-23(33-20)27-24(31)32-13-19-17-9-5-3-7-15(17)16-8-4-6-10-18(16)19/h3-10,12,14,19H,2,11,13H2,1H3,(H,26,30)(H,28,29)(H,25,27,31)/t14-/m0/s1. The van der Waals surface area contributed by atoms with Gasteiger partial charge in [-0.3, -0.25) is 14.9 Å². The first-order valence-electron chi connectivity index (χ1n) is 10.6. The van der Waals surface area contributed by atoms with Gasteiger partial charge in [-0.05, 0) is 28.7 Å². The third kappa shape index (κ3) is 5.04. The predicted octanol–water partition coefficient (Wildman–Crippen LogP) is 4.49. The van der Waals surface area contributed by atoms with Crippen molar-refractivity contribution < 1.29 is 24.2 Å². The maximum atomic E-state index is 12.4. The van der Waals surface area contributed by atoms with E-state index in [1.54, 1.807) is 6.92 Å². The highest BCUT2D eigenvalue weighted by Gasteiger charge is 2.29. The second-order valence-corrected chi connectivity index (χ2v) is 8.69. The molecule has 3 aromatic rings. The Labute approximate surface area is 194 Å². The third-order valence-electron chi connectivity index (χ3n) is 5.53. The topological polar surface area (TPSA) is 118 Å². The molecule has 1 heterocycles. The highest BCUT2D eigenvalue weighted by atomic mass is 32.1. The summed E-state index contributed by atoms with van der Waals surface area (Å²) >= 11 is 0.993. The van der Waals surface area contributed by atoms with Crippen molar-refractivity contribution in [2.24, 2.45) is 0 Å². The maximum Gasteiger partial charge on any atom is 0.413 e. The van der Waals surface area contributed by atoms with Gasteiger partial charge in [-0.15, -0.1) is 0 Å². The molecule has 2 amide bonds. The molecule has 0 bridgehead atoms. The Morgan fingerprint density at radius 2 is 1.73 bits per heavy atom. The number of carboxylic acids is 1. The predicted molar refractivity (Wildman–Crippen MR) is 125 cm³/mol. The zero-order valence-corrected chi connectivity index (χ0v) is 18.7. The maximum absolute atomic E-state index is 12.4. The first-order chi connectivity index (χ1) is 16.0. The Bertz CT molecular complexity index is 1150. The van der Waals surface area contributed by atoms with Crippen LogP contribution in [0.1, 0.15) is 46.5 Å². The average Bonchev–Trinajstić information content (AvgIpc) is 3.39. The molecule has 2 aromatic carbocycles. The molecule has 0 fully saturated rings. The van der Waals surface area contributed by atoms with Crippen molar-refractivity contribution in [3.05, 3.63) is 70.7 Å². The molecule has 9 heteroatoms. The van der Waals surface area contributed by atoms with Gasteiger partial charge < -0.3 is 15.2 Å². The van der Waals surface area contributed by atoms with Crippen molar-refractivity contribution in [3.63, 3.8) is 0 Å². The minimum Gasteiger partial charge on any atom is -0.481 e. The molecular weight excluding hydrogens is 442 g/mol. The summed E-state index contributed by atoms with van der Waals surface area (Å²) in [6.07, 6.45) is 1.01. The summed E-state index contributed by atoms with van der Waals surface area (Å²) in [7, 11) is 0. The number of aliphatic carboxylic acids is 1. The van der Waals surface area contributed by atoms with Gasteiger partial charge in [-0.25, -0.2) is 9.78 Å². The van der Waals surface area contributed by atoms with E-state index in [0.717, 1.165) is 33.6 Å². The second-order valence-electron chi connectivity index (χ2n) is 7.66. The minimum absolute atomic E-state index is 0.0546. The van der Waals surface area contributed by atoms with Crippen LogP contribution in [-0.4, -0.2) is 40.7 Å². The summed E-state index contributed by atoms with van der Waals surface area (Å²) in [6, 6.07) is 15.7. The van der Waals surface area contributed by atoms with Gasteiger partial charge in [-0.1, -0.05) is 66.8 Å². The summed E-state index contributed by atoms with van der Waals surface area (Å²) in [6.45, 7) is 1.97. The molecule has 8 nitrogen and oxygen atoms in total. The van der Waals surface area contributed by atoms with Gasteiger partial charge in [0.15, 0.2) is 5.13 Å². The van der Waals surface area contributed by atoms with Gasteiger partial charge in [0.25, 0.3) is 5.91 Å². The van der Waals surface area contributed by atoms with Crippen LogP contribution in [0.5, 0.6) is 0 Å². The molecule has 1 aliphatic rings. The van der Waals surface area contributed by atoms with Crippen LogP contribution in [0.4, 0.5) is 9.93 Å². The summed E-state index contributed by atoms with van der Waals surface area (Å²) < 4.78 is 5.49. The number of nitrogens with one attached hydrogen (secondary N) is 2.